The van der Waals surface area contributed by atoms with E-state index in [2.05, 4.69) is 135 Å². The summed E-state index contributed by atoms with van der Waals surface area (Å²) >= 11 is 0. The van der Waals surface area contributed by atoms with Gasteiger partial charge in [0.15, 0.2) is 0 Å². The highest BCUT2D eigenvalue weighted by Gasteiger charge is 2.26. The van der Waals surface area contributed by atoms with Gasteiger partial charge >= 0.3 is 13.8 Å². The summed E-state index contributed by atoms with van der Waals surface area (Å²) < 4.78 is 33.3. The molecule has 10 heteroatoms. The van der Waals surface area contributed by atoms with E-state index in [1.807, 2.05) is 0 Å². The molecule has 0 aliphatic carbocycles. The smallest absolute Gasteiger partial charge is 0.457 e. The maximum Gasteiger partial charge on any atom is 0.472 e. The zero-order valence-electron chi connectivity index (χ0n) is 37.1. The number of carbonyl (C=O) groups is 1. The van der Waals surface area contributed by atoms with E-state index in [4.69, 9.17) is 23.6 Å². The van der Waals surface area contributed by atoms with Gasteiger partial charge in [-0.1, -0.05) is 155 Å². The van der Waals surface area contributed by atoms with Gasteiger partial charge in [0.1, 0.15) is 12.2 Å². The number of carbonyl (C=O) groups excluding carboxylic acids is 1. The molecule has 0 saturated carbocycles. The maximum atomic E-state index is 12.6. The van der Waals surface area contributed by atoms with Crippen molar-refractivity contribution in [2.24, 2.45) is 0 Å². The van der Waals surface area contributed by atoms with Crippen molar-refractivity contribution in [2.45, 2.75) is 154 Å². The van der Waals surface area contributed by atoms with Crippen LogP contribution >= 0.6 is 7.82 Å². The van der Waals surface area contributed by atoms with Gasteiger partial charge in [0.25, 0.3) is 0 Å². The van der Waals surface area contributed by atoms with Gasteiger partial charge in [0, 0.05) is 13.0 Å². The van der Waals surface area contributed by atoms with Gasteiger partial charge in [-0.25, -0.2) is 4.57 Å². The van der Waals surface area contributed by atoms with Crippen LogP contribution in [0.25, 0.3) is 0 Å². The molecule has 0 aromatic heterocycles. The standard InChI is InChI=1S/C50H81O9P/c1-3-5-7-9-11-13-15-17-19-20-21-22-23-24-25-26-27-29-31-33-35-37-39-41-43-56-46-49(47-58-60(54,55)57-45-48(52)44-51)59-50(53)42-40-38-36-34-32-30-28-18-16-14-12-10-8-6-4-2/h5-8,11-14,17-19,21-22,24-25,27-29,32,34,48-49,51-52H,3-4,9-10,15-16,20,23,26,30-31,33,35-47H2,1-2H3,(H,54,55)/b7-5-,8-6-,13-11-,14-12-,19-17-,22-21-,25-24-,28-18-,29-27-,34-32-. The molecule has 0 bridgehead atoms. The van der Waals surface area contributed by atoms with E-state index in [0.29, 0.717) is 13.0 Å². The molecule has 0 amide bonds. The van der Waals surface area contributed by atoms with Crippen LogP contribution in [0.5, 0.6) is 0 Å². The second-order valence-electron chi connectivity index (χ2n) is 14.3. The summed E-state index contributed by atoms with van der Waals surface area (Å²) in [6.45, 7) is 3.14. The topological polar surface area (TPSA) is 132 Å². The van der Waals surface area contributed by atoms with Crippen LogP contribution in [0.3, 0.4) is 0 Å². The Balaban J connectivity index is 4.27. The van der Waals surface area contributed by atoms with Gasteiger partial charge in [-0.3, -0.25) is 13.8 Å². The Morgan fingerprint density at radius 2 is 0.900 bits per heavy atom. The lowest BCUT2D eigenvalue weighted by Crippen LogP contribution is -2.29. The highest BCUT2D eigenvalue weighted by atomic mass is 31.2. The molecular formula is C50H81O9P. The van der Waals surface area contributed by atoms with Gasteiger partial charge < -0.3 is 24.6 Å². The second kappa shape index (κ2) is 45.4. The van der Waals surface area contributed by atoms with Crippen LogP contribution in [0, 0.1) is 0 Å². The SMILES string of the molecule is CC/C=C\C/C=C\C/C=C\C/C=C\C/C=C\C/C=C\CCCCCCCOCC(COP(=O)(O)OCC(O)CO)OC(=O)CCCC/C=C\C/C=C\C/C=C\C/C=C\CC. The first-order chi connectivity index (χ1) is 29.3. The molecule has 9 nitrogen and oxygen atoms in total. The molecule has 0 spiro atoms. The van der Waals surface area contributed by atoms with Crippen LogP contribution in [-0.2, 0) is 27.9 Å². The zero-order chi connectivity index (χ0) is 43.9. The fraction of sp³-hybridized carbons (Fsp3) is 0.580. The number of esters is 1. The van der Waals surface area contributed by atoms with Crippen molar-refractivity contribution in [1.29, 1.82) is 0 Å². The van der Waals surface area contributed by atoms with E-state index in [0.717, 1.165) is 116 Å². The molecule has 3 N–H and O–H groups in total. The van der Waals surface area contributed by atoms with Gasteiger partial charge in [-0.05, 0) is 103 Å². The van der Waals surface area contributed by atoms with Crippen molar-refractivity contribution < 1.29 is 43.0 Å². The quantitative estimate of drug-likeness (QED) is 0.0238. The van der Waals surface area contributed by atoms with Crippen LogP contribution in [0.15, 0.2) is 122 Å². The summed E-state index contributed by atoms with van der Waals surface area (Å²) in [6.07, 6.45) is 60.2. The number of allylic oxidation sites excluding steroid dienone is 20. The summed E-state index contributed by atoms with van der Waals surface area (Å²) in [5.41, 5.74) is 0. The molecule has 0 heterocycles. The second-order valence-corrected chi connectivity index (χ2v) is 15.8. The number of ether oxygens (including phenoxy) is 2. The summed E-state index contributed by atoms with van der Waals surface area (Å²) in [7, 11) is -4.55. The Morgan fingerprint density at radius 3 is 1.35 bits per heavy atom. The number of aliphatic hydroxyl groups is 2. The number of aliphatic hydroxyl groups excluding tert-OH is 2. The van der Waals surface area contributed by atoms with Crippen molar-refractivity contribution in [3.05, 3.63) is 122 Å². The summed E-state index contributed by atoms with van der Waals surface area (Å²) in [4.78, 5) is 22.6. The zero-order valence-corrected chi connectivity index (χ0v) is 38.0. The third-order valence-corrected chi connectivity index (χ3v) is 9.59. The van der Waals surface area contributed by atoms with Crippen molar-refractivity contribution in [3.63, 3.8) is 0 Å². The van der Waals surface area contributed by atoms with Crippen LogP contribution in [0.1, 0.15) is 142 Å². The monoisotopic (exact) mass is 857 g/mol. The third kappa shape index (κ3) is 44.4. The normalized spacial score (nSPS) is 15.1. The summed E-state index contributed by atoms with van der Waals surface area (Å²) in [5, 5.41) is 18.4. The van der Waals surface area contributed by atoms with Gasteiger partial charge in [-0.15, -0.1) is 0 Å². The lowest BCUT2D eigenvalue weighted by Gasteiger charge is -2.20. The molecule has 0 aliphatic rings. The lowest BCUT2D eigenvalue weighted by molar-refractivity contribution is -0.154. The minimum atomic E-state index is -4.55. The van der Waals surface area contributed by atoms with Gasteiger partial charge in [-0.2, -0.15) is 0 Å². The molecule has 0 saturated heterocycles. The maximum absolute atomic E-state index is 12.6. The number of unbranched alkanes of at least 4 members (excludes halogenated alkanes) is 7. The summed E-state index contributed by atoms with van der Waals surface area (Å²) in [6, 6.07) is 0. The number of hydrogen-bond acceptors (Lipinski definition) is 8. The first kappa shape index (κ1) is 56.9. The molecule has 0 aliphatic heterocycles. The number of hydrogen-bond donors (Lipinski definition) is 3. The molecule has 0 aromatic rings. The predicted molar refractivity (Wildman–Crippen MR) is 251 cm³/mol. The molecule has 0 radical (unpaired) electrons. The van der Waals surface area contributed by atoms with Crippen LogP contribution in [0.2, 0.25) is 0 Å². The fourth-order valence-corrected chi connectivity index (χ4v) is 6.08. The molecule has 0 rings (SSSR count). The van der Waals surface area contributed by atoms with Crippen molar-refractivity contribution in [2.75, 3.05) is 33.0 Å². The molecular weight excluding hydrogens is 776 g/mol. The predicted octanol–water partition coefficient (Wildman–Crippen LogP) is 12.8. The third-order valence-electron chi connectivity index (χ3n) is 8.64. The summed E-state index contributed by atoms with van der Waals surface area (Å²) in [5.74, 6) is -0.436. The van der Waals surface area contributed by atoms with E-state index < -0.39 is 45.8 Å². The number of phosphoric acid groups is 1. The Morgan fingerprint density at radius 1 is 0.517 bits per heavy atom. The average molecular weight is 857 g/mol. The Labute approximate surface area is 364 Å². The minimum absolute atomic E-state index is 0.00956. The van der Waals surface area contributed by atoms with E-state index in [1.165, 1.54) is 0 Å². The molecule has 340 valence electrons. The molecule has 0 aromatic carbocycles. The van der Waals surface area contributed by atoms with Gasteiger partial charge in [0.05, 0.1) is 26.4 Å². The Hall–Kier alpha value is -3.14. The van der Waals surface area contributed by atoms with Crippen molar-refractivity contribution >= 4 is 13.8 Å². The molecule has 60 heavy (non-hydrogen) atoms. The lowest BCUT2D eigenvalue weighted by atomic mass is 10.1. The van der Waals surface area contributed by atoms with Crippen LogP contribution in [0.4, 0.5) is 0 Å². The number of rotatable bonds is 41. The largest absolute Gasteiger partial charge is 0.472 e. The average Bonchev–Trinajstić information content (AvgIpc) is 3.24. The number of phosphoric ester groups is 1. The first-order valence-electron chi connectivity index (χ1n) is 22.5. The Bertz CT molecular complexity index is 1340. The Kier molecular flexibility index (Phi) is 43.0. The van der Waals surface area contributed by atoms with Gasteiger partial charge in [0.2, 0.25) is 0 Å². The highest BCUT2D eigenvalue weighted by Crippen LogP contribution is 2.43. The van der Waals surface area contributed by atoms with Crippen LogP contribution < -0.4 is 0 Å². The van der Waals surface area contributed by atoms with E-state index in [-0.39, 0.29) is 13.0 Å². The molecule has 3 atom stereocenters. The van der Waals surface area contributed by atoms with E-state index in [1.54, 1.807) is 0 Å². The van der Waals surface area contributed by atoms with Crippen molar-refractivity contribution in [3.8, 4) is 0 Å². The van der Waals surface area contributed by atoms with Crippen molar-refractivity contribution in [1.82, 2.24) is 0 Å². The first-order valence-corrected chi connectivity index (χ1v) is 24.0. The van der Waals surface area contributed by atoms with Crippen LogP contribution in [-0.4, -0.2) is 66.3 Å². The van der Waals surface area contributed by atoms with E-state index >= 15 is 0 Å². The van der Waals surface area contributed by atoms with E-state index in [9.17, 15) is 19.4 Å². The minimum Gasteiger partial charge on any atom is -0.457 e. The molecule has 3 unspecified atom stereocenters. The molecule has 0 fully saturated rings. The highest BCUT2D eigenvalue weighted by molar-refractivity contribution is 7.47. The fourth-order valence-electron chi connectivity index (χ4n) is 5.29.